The van der Waals surface area contributed by atoms with Gasteiger partial charge in [-0.15, -0.1) is 0 Å². The van der Waals surface area contributed by atoms with E-state index in [1.807, 2.05) is 36.5 Å². The number of carboxylic acids is 1. The predicted molar refractivity (Wildman–Crippen MR) is 395 cm³/mol. The Balaban J connectivity index is 0.000000187. The Labute approximate surface area is 659 Å². The third kappa shape index (κ3) is 29.2. The molecule has 21 nitrogen and oxygen atoms in total. The Hall–Kier alpha value is -6.07. The molecule has 6 saturated heterocycles. The number of hydrogen-bond donors (Lipinski definition) is 5. The van der Waals surface area contributed by atoms with Crippen LogP contribution in [0.25, 0.3) is 0 Å². The zero-order valence-electron chi connectivity index (χ0n) is 64.0. The number of rotatable bonds is 33. The van der Waals surface area contributed by atoms with Crippen LogP contribution in [0.2, 0.25) is 0 Å². The van der Waals surface area contributed by atoms with Gasteiger partial charge in [-0.3, -0.25) is 4.79 Å². The van der Waals surface area contributed by atoms with Crippen molar-refractivity contribution in [3.8, 4) is 17.2 Å². The SMILES string of the molecule is O=C(O)CCC/C=C\C[C@@H]1[C@@H](/C=C/[C@H](COc2cccc(C(F)(F)F)c2)OC2CCCCO2)[C@H](OC2CCCCO2)C[C@@H]1O.O=CC[C@@H]1[C@@H](/C=C/[C@H](COc2cccc(C(F)(F)F)c2)OC2CCCCO2)[C@H](OC2CCCCO2)C[C@@H]1OC1CCCCO1.OC1C[C@@H]2[C@@H](/C=C/[C@@H](O)COc3cccc(C(F)(F)F)c3)[C@H](O)C[C@@H]2O1. The largest absolute Gasteiger partial charge is 0.491 e. The first kappa shape index (κ1) is 90.3. The van der Waals surface area contributed by atoms with E-state index in [0.29, 0.717) is 90.8 Å². The van der Waals surface area contributed by atoms with Crippen molar-refractivity contribution in [3.05, 3.63) is 138 Å². The molecule has 5 N–H and O–H groups in total. The second kappa shape index (κ2) is 45.2. The molecule has 0 spiro atoms. The molecule has 0 bridgehead atoms. The normalized spacial score (nSPS) is 31.2. The zero-order chi connectivity index (χ0) is 81.0. The third-order valence-electron chi connectivity index (χ3n) is 21.9. The van der Waals surface area contributed by atoms with E-state index in [9.17, 15) is 69.5 Å². The molecule has 3 aliphatic carbocycles. The second-order valence-electron chi connectivity index (χ2n) is 30.4. The number of aldehydes is 1. The molecule has 6 heterocycles. The molecule has 6 unspecified atom stereocenters. The number of halogens is 9. The van der Waals surface area contributed by atoms with Gasteiger partial charge in [0.25, 0.3) is 0 Å². The summed E-state index contributed by atoms with van der Waals surface area (Å²) in [7, 11) is 0. The van der Waals surface area contributed by atoms with E-state index >= 15 is 0 Å². The molecule has 9 aliphatic rings. The first-order chi connectivity index (χ1) is 54.8. The first-order valence-corrected chi connectivity index (χ1v) is 40.3. The molecule has 6 aliphatic heterocycles. The molecular weight excluding hydrogens is 1520 g/mol. The number of hydrogen-bond acceptors (Lipinski definition) is 20. The van der Waals surface area contributed by atoms with Gasteiger partial charge in [0, 0.05) is 95.2 Å². The quantitative estimate of drug-likeness (QED) is 0.0164. The summed E-state index contributed by atoms with van der Waals surface area (Å²) < 4.78 is 201. The summed E-state index contributed by atoms with van der Waals surface area (Å²) >= 11 is 0. The molecule has 3 saturated carbocycles. The van der Waals surface area contributed by atoms with Crippen molar-refractivity contribution in [1.29, 1.82) is 0 Å². The van der Waals surface area contributed by atoms with Crippen molar-refractivity contribution in [1.82, 2.24) is 0 Å². The monoisotopic (exact) mass is 1630 g/mol. The van der Waals surface area contributed by atoms with Gasteiger partial charge in [-0.2, -0.15) is 39.5 Å². The average Bonchev–Trinajstić information content (AvgIpc) is 1.65. The standard InChI is InChI=1S/2C33H45F3O8.C18H21F3O5/c34-33(35,36)23-8-7-9-24(20-23)41-22-25(42-30-10-1-4-17-38-30)13-14-26-27(15-16-37)29(44-32-12-3-6-19-40-32)21-28(26)43-31-11-2-5-18-39-31;34-33(35,36)23-10-9-11-24(20-23)42-22-25(43-31-14-5-7-18-40-31)16-17-27-26(12-3-1-2-4-13-30(38)39)28(37)21-29(27)44-32-15-6-8-19-41-32;19-18(20,21)10-2-1-3-12(6-10)25-9-11(22)4-5-13-14-7-17(24)26-16(14)8-15(13)23/h7-9,13-14,16,20,25-32H,1-6,10-12,15,17-19,21-22H2;1,3,9-11,16-17,20,25-29,31-32,37H,2,4-8,12-15,18-19,21-22H2,(H,38,39);1-6,11,13-17,22-24H,7-9H2/b14-13+;3-1-,17-16+;5-4+/t25-,26-,27-,28-,29+,30?,31?,32?;25-,26-,27-,28+,29-,31?,32?;11-,13-,14-,15-,16+,17?/m111/s1. The fourth-order valence-corrected chi connectivity index (χ4v) is 16.0. The van der Waals surface area contributed by atoms with Gasteiger partial charge in [0.05, 0.1) is 53.3 Å². The number of ether oxygens (including phenoxy) is 14. The van der Waals surface area contributed by atoms with Crippen molar-refractivity contribution in [2.24, 2.45) is 35.5 Å². The van der Waals surface area contributed by atoms with Crippen molar-refractivity contribution in [2.45, 2.75) is 265 Å². The molecule has 3 aromatic carbocycles. The molecule has 9 fully saturated rings. The fourth-order valence-electron chi connectivity index (χ4n) is 16.0. The van der Waals surface area contributed by atoms with Gasteiger partial charge in [0.15, 0.2) is 37.7 Å². The zero-order valence-corrected chi connectivity index (χ0v) is 64.0. The van der Waals surface area contributed by atoms with E-state index in [4.69, 9.17) is 71.4 Å². The van der Waals surface area contributed by atoms with Crippen LogP contribution in [0.3, 0.4) is 0 Å². The first-order valence-electron chi connectivity index (χ1n) is 40.3. The number of allylic oxidation sites excluding steroid dienone is 2. The van der Waals surface area contributed by atoms with Crippen LogP contribution in [0.1, 0.15) is 171 Å². The summed E-state index contributed by atoms with van der Waals surface area (Å²) in [6.45, 7) is 2.83. The van der Waals surface area contributed by atoms with E-state index in [1.165, 1.54) is 42.5 Å². The number of aliphatic hydroxyl groups is 4. The minimum absolute atomic E-state index is 0.0144. The van der Waals surface area contributed by atoms with E-state index < -0.39 is 90.6 Å². The van der Waals surface area contributed by atoms with Gasteiger partial charge >= 0.3 is 24.5 Å². The van der Waals surface area contributed by atoms with Crippen LogP contribution in [-0.2, 0) is 80.2 Å². The number of carbonyl (C=O) groups is 2. The van der Waals surface area contributed by atoms with Crippen molar-refractivity contribution < 1.29 is 141 Å². The Morgan fingerprint density at radius 2 is 0.912 bits per heavy atom. The van der Waals surface area contributed by atoms with Crippen LogP contribution < -0.4 is 14.2 Å². The van der Waals surface area contributed by atoms with Crippen LogP contribution in [0, 0.1) is 35.5 Å². The number of carbonyl (C=O) groups excluding carboxylic acids is 1. The van der Waals surface area contributed by atoms with Gasteiger partial charge < -0.3 is 96.6 Å². The topological polar surface area (TPSA) is 265 Å². The Morgan fingerprint density at radius 1 is 0.482 bits per heavy atom. The minimum atomic E-state index is -4.48. The maximum Gasteiger partial charge on any atom is 0.416 e. The van der Waals surface area contributed by atoms with E-state index in [0.717, 1.165) is 126 Å². The van der Waals surface area contributed by atoms with Gasteiger partial charge in [0.1, 0.15) is 61.7 Å². The number of alkyl halides is 9. The van der Waals surface area contributed by atoms with E-state index in [1.54, 1.807) is 6.08 Å². The van der Waals surface area contributed by atoms with E-state index in [-0.39, 0.29) is 129 Å². The summed E-state index contributed by atoms with van der Waals surface area (Å²) in [5, 5.41) is 49.5. The van der Waals surface area contributed by atoms with Crippen molar-refractivity contribution in [2.75, 3.05) is 52.9 Å². The highest BCUT2D eigenvalue weighted by molar-refractivity contribution is 5.66. The summed E-state index contributed by atoms with van der Waals surface area (Å²) in [6.07, 6.45) is 12.7. The lowest BCUT2D eigenvalue weighted by molar-refractivity contribution is -0.204. The number of fused-ring (bicyclic) bond motifs is 1. The number of benzene rings is 3. The lowest BCUT2D eigenvalue weighted by Crippen LogP contribution is -2.32. The maximum absolute atomic E-state index is 13.3. The lowest BCUT2D eigenvalue weighted by atomic mass is 9.89. The van der Waals surface area contributed by atoms with Crippen LogP contribution in [0.15, 0.2) is 121 Å². The molecule has 0 radical (unpaired) electrons. The smallest absolute Gasteiger partial charge is 0.416 e. The van der Waals surface area contributed by atoms with Crippen LogP contribution >= 0.6 is 0 Å². The summed E-state index contributed by atoms with van der Waals surface area (Å²) in [5.41, 5.74) is -2.39. The highest BCUT2D eigenvalue weighted by Gasteiger charge is 2.49. The van der Waals surface area contributed by atoms with Gasteiger partial charge in [0.2, 0.25) is 0 Å². The van der Waals surface area contributed by atoms with Crippen LogP contribution in [0.5, 0.6) is 17.2 Å². The number of carboxylic acid groups (broad SMARTS) is 1. The summed E-state index contributed by atoms with van der Waals surface area (Å²) in [5.74, 6) is -1.59. The lowest BCUT2D eigenvalue weighted by Gasteiger charge is -2.30. The molecule has 636 valence electrons. The van der Waals surface area contributed by atoms with Gasteiger partial charge in [-0.05, 0) is 182 Å². The van der Waals surface area contributed by atoms with Crippen molar-refractivity contribution >= 4 is 12.3 Å². The molecule has 3 aromatic rings. The van der Waals surface area contributed by atoms with Crippen LogP contribution in [-0.4, -0.2) is 183 Å². The number of aliphatic hydroxyl groups excluding tert-OH is 4. The minimum Gasteiger partial charge on any atom is -0.491 e. The molecule has 30 heteroatoms. The highest BCUT2D eigenvalue weighted by Crippen LogP contribution is 2.46. The van der Waals surface area contributed by atoms with Crippen molar-refractivity contribution in [3.63, 3.8) is 0 Å². The molecule has 114 heavy (non-hydrogen) atoms. The average molecular weight is 1630 g/mol. The third-order valence-corrected chi connectivity index (χ3v) is 21.9. The molecule has 12 rings (SSSR count). The Kier molecular flexibility index (Phi) is 35.8. The molecular formula is C84H111F9O21. The summed E-state index contributed by atoms with van der Waals surface area (Å²) in [6, 6.07) is 14.0. The second-order valence-corrected chi connectivity index (χ2v) is 30.4. The van der Waals surface area contributed by atoms with Gasteiger partial charge in [-0.25, -0.2) is 0 Å². The molecule has 0 aromatic heterocycles. The fraction of sp³-hybridized carbons (Fsp3) is 0.667. The Morgan fingerprint density at radius 3 is 1.35 bits per heavy atom. The Bertz CT molecular complexity index is 3440. The van der Waals surface area contributed by atoms with Crippen LogP contribution in [0.4, 0.5) is 39.5 Å². The number of aliphatic carboxylic acids is 1. The summed E-state index contributed by atoms with van der Waals surface area (Å²) in [4.78, 5) is 22.7. The van der Waals surface area contributed by atoms with E-state index in [2.05, 4.69) is 0 Å². The molecule has 0 amide bonds. The molecule has 21 atom stereocenters. The van der Waals surface area contributed by atoms with Gasteiger partial charge in [-0.1, -0.05) is 66.8 Å². The predicted octanol–water partition coefficient (Wildman–Crippen LogP) is 15.4. The number of unbranched alkanes of at least 4 members (excludes halogenated alkanes) is 1. The highest BCUT2D eigenvalue weighted by atomic mass is 19.4. The maximum atomic E-state index is 13.3.